The molecule has 0 unspecified atom stereocenters. The number of halogens is 2. The molecule has 1 N–H and O–H groups in total. The first kappa shape index (κ1) is 13.0. The van der Waals surface area contributed by atoms with Gasteiger partial charge in [-0.2, -0.15) is 0 Å². The quantitative estimate of drug-likeness (QED) is 0.901. The molecule has 1 heterocycles. The summed E-state index contributed by atoms with van der Waals surface area (Å²) >= 11 is 11.0. The van der Waals surface area contributed by atoms with Crippen molar-refractivity contribution in [2.75, 3.05) is 6.54 Å². The van der Waals surface area contributed by atoms with Gasteiger partial charge in [-0.3, -0.25) is 0 Å². The summed E-state index contributed by atoms with van der Waals surface area (Å²) in [6.07, 6.45) is 0. The largest absolute Gasteiger partial charge is 0.311 e. The van der Waals surface area contributed by atoms with Crippen LogP contribution in [-0.4, -0.2) is 11.5 Å². The number of nitrogens with zero attached hydrogens (tertiary/aromatic N) is 1. The van der Waals surface area contributed by atoms with Gasteiger partial charge in [0.15, 0.2) is 0 Å². The molecule has 2 rings (SSSR count). The first-order valence-electron chi connectivity index (χ1n) is 5.31. The maximum Gasteiger partial charge on any atom is 0.123 e. The van der Waals surface area contributed by atoms with Gasteiger partial charge in [0.05, 0.1) is 10.7 Å². The van der Waals surface area contributed by atoms with E-state index in [1.54, 1.807) is 11.3 Å². The highest BCUT2D eigenvalue weighted by atomic mass is 79.9. The van der Waals surface area contributed by atoms with Crippen LogP contribution in [-0.2, 0) is 6.54 Å². The van der Waals surface area contributed by atoms with Crippen LogP contribution in [0, 0.1) is 0 Å². The highest BCUT2D eigenvalue weighted by molar-refractivity contribution is 9.10. The van der Waals surface area contributed by atoms with Crippen LogP contribution < -0.4 is 5.32 Å². The summed E-state index contributed by atoms with van der Waals surface area (Å²) in [6.45, 7) is 3.87. The third kappa shape index (κ3) is 3.28. The van der Waals surface area contributed by atoms with Crippen molar-refractivity contribution >= 4 is 38.9 Å². The minimum Gasteiger partial charge on any atom is -0.311 e. The molecule has 0 fully saturated rings. The number of hydrogen-bond acceptors (Lipinski definition) is 3. The summed E-state index contributed by atoms with van der Waals surface area (Å²) in [7, 11) is 0. The molecule has 0 bridgehead atoms. The van der Waals surface area contributed by atoms with Gasteiger partial charge in [0.25, 0.3) is 0 Å². The normalized spacial score (nSPS) is 10.8. The Labute approximate surface area is 118 Å². The van der Waals surface area contributed by atoms with E-state index in [1.165, 1.54) is 0 Å². The monoisotopic (exact) mass is 330 g/mol. The van der Waals surface area contributed by atoms with Gasteiger partial charge < -0.3 is 5.32 Å². The summed E-state index contributed by atoms with van der Waals surface area (Å²) in [4.78, 5) is 4.58. The molecule has 0 aliphatic rings. The summed E-state index contributed by atoms with van der Waals surface area (Å²) in [5, 5.41) is 7.09. The zero-order valence-electron chi connectivity index (χ0n) is 9.34. The van der Waals surface area contributed by atoms with E-state index in [4.69, 9.17) is 11.6 Å². The van der Waals surface area contributed by atoms with Crippen molar-refractivity contribution in [3.05, 3.63) is 38.8 Å². The zero-order valence-corrected chi connectivity index (χ0v) is 12.5. The molecule has 90 valence electrons. The molecule has 0 amide bonds. The summed E-state index contributed by atoms with van der Waals surface area (Å²) in [5.74, 6) is 0. The predicted octanol–water partition coefficient (Wildman–Crippen LogP) is 4.34. The number of thiazole rings is 1. The van der Waals surface area contributed by atoms with Gasteiger partial charge in [-0.15, -0.1) is 11.3 Å². The molecule has 5 heteroatoms. The minimum absolute atomic E-state index is 0.721. The molecule has 0 aliphatic heterocycles. The van der Waals surface area contributed by atoms with Crippen LogP contribution >= 0.6 is 38.9 Å². The van der Waals surface area contributed by atoms with Crippen molar-refractivity contribution in [1.29, 1.82) is 0 Å². The van der Waals surface area contributed by atoms with Gasteiger partial charge >= 0.3 is 0 Å². The molecule has 1 aromatic heterocycles. The molecule has 2 aromatic rings. The first-order chi connectivity index (χ1) is 8.20. The number of aromatic nitrogens is 1. The van der Waals surface area contributed by atoms with Crippen LogP contribution in [0.5, 0.6) is 0 Å². The van der Waals surface area contributed by atoms with Crippen molar-refractivity contribution in [1.82, 2.24) is 10.3 Å². The zero-order chi connectivity index (χ0) is 12.3. The highest BCUT2D eigenvalue weighted by Gasteiger charge is 2.06. The second-order valence-electron chi connectivity index (χ2n) is 3.55. The van der Waals surface area contributed by atoms with E-state index in [0.29, 0.717) is 0 Å². The fourth-order valence-electron chi connectivity index (χ4n) is 1.40. The molecular weight excluding hydrogens is 320 g/mol. The van der Waals surface area contributed by atoms with E-state index in [0.717, 1.165) is 38.8 Å². The highest BCUT2D eigenvalue weighted by Crippen LogP contribution is 2.30. The Hall–Kier alpha value is -0.420. The van der Waals surface area contributed by atoms with Gasteiger partial charge in [-0.1, -0.05) is 24.6 Å². The Balaban J connectivity index is 2.21. The van der Waals surface area contributed by atoms with Gasteiger partial charge in [-0.25, -0.2) is 4.98 Å². The molecule has 0 spiro atoms. The van der Waals surface area contributed by atoms with Crippen LogP contribution in [0.4, 0.5) is 0 Å². The van der Waals surface area contributed by atoms with Crippen LogP contribution in [0.2, 0.25) is 5.02 Å². The number of hydrogen-bond donors (Lipinski definition) is 1. The topological polar surface area (TPSA) is 24.9 Å². The van der Waals surface area contributed by atoms with Crippen LogP contribution in [0.25, 0.3) is 10.6 Å². The Bertz CT molecular complexity index is 513. The second-order valence-corrected chi connectivity index (χ2v) is 5.67. The van der Waals surface area contributed by atoms with E-state index in [2.05, 4.69) is 38.5 Å². The standard InChI is InChI=1S/C12H12BrClN2S/c1-2-15-6-9-7-17-12(16-9)8-3-4-11(14)10(13)5-8/h3-5,7,15H,2,6H2,1H3. The maximum atomic E-state index is 5.97. The van der Waals surface area contributed by atoms with E-state index < -0.39 is 0 Å². The number of rotatable bonds is 4. The van der Waals surface area contributed by atoms with Crippen LogP contribution in [0.1, 0.15) is 12.6 Å². The molecule has 0 radical (unpaired) electrons. The SMILES string of the molecule is CCNCc1csc(-c2ccc(Cl)c(Br)c2)n1. The molecule has 0 atom stereocenters. The lowest BCUT2D eigenvalue weighted by Crippen LogP contribution is -2.11. The molecule has 0 aliphatic carbocycles. The summed E-state index contributed by atoms with van der Waals surface area (Å²) < 4.78 is 0.903. The van der Waals surface area contributed by atoms with Gasteiger partial charge in [0, 0.05) is 22.0 Å². The molecule has 2 nitrogen and oxygen atoms in total. The van der Waals surface area contributed by atoms with E-state index in [9.17, 15) is 0 Å². The lowest BCUT2D eigenvalue weighted by Gasteiger charge is -1.99. The van der Waals surface area contributed by atoms with E-state index >= 15 is 0 Å². The third-order valence-corrected chi connectivity index (χ3v) is 4.43. The third-order valence-electron chi connectivity index (χ3n) is 2.27. The molecule has 1 aromatic carbocycles. The fourth-order valence-corrected chi connectivity index (χ4v) is 2.72. The van der Waals surface area contributed by atoms with Crippen LogP contribution in [0.3, 0.4) is 0 Å². The average Bonchev–Trinajstić information content (AvgIpc) is 2.79. The molecule has 0 saturated carbocycles. The van der Waals surface area contributed by atoms with Crippen molar-refractivity contribution in [2.24, 2.45) is 0 Å². The second kappa shape index (κ2) is 5.96. The number of nitrogens with one attached hydrogen (secondary N) is 1. The van der Waals surface area contributed by atoms with Gasteiger partial charge in [0.2, 0.25) is 0 Å². The van der Waals surface area contributed by atoms with Gasteiger partial charge in [0.1, 0.15) is 5.01 Å². The fraction of sp³-hybridized carbons (Fsp3) is 0.250. The Morgan fingerprint density at radius 2 is 2.29 bits per heavy atom. The Kier molecular flexibility index (Phi) is 4.56. The summed E-state index contributed by atoms with van der Waals surface area (Å²) in [6, 6.07) is 5.87. The van der Waals surface area contributed by atoms with Crippen molar-refractivity contribution < 1.29 is 0 Å². The smallest absolute Gasteiger partial charge is 0.123 e. The van der Waals surface area contributed by atoms with Gasteiger partial charge in [-0.05, 0) is 34.6 Å². The average molecular weight is 332 g/mol. The minimum atomic E-state index is 0.721. The number of benzene rings is 1. The first-order valence-corrected chi connectivity index (χ1v) is 7.36. The summed E-state index contributed by atoms with van der Waals surface area (Å²) in [5.41, 5.74) is 2.17. The van der Waals surface area contributed by atoms with Crippen molar-refractivity contribution in [3.63, 3.8) is 0 Å². The van der Waals surface area contributed by atoms with Crippen molar-refractivity contribution in [3.8, 4) is 10.6 Å². The lowest BCUT2D eigenvalue weighted by molar-refractivity contribution is 0.715. The van der Waals surface area contributed by atoms with E-state index in [-0.39, 0.29) is 0 Å². The Morgan fingerprint density at radius 3 is 3.00 bits per heavy atom. The molecule has 17 heavy (non-hydrogen) atoms. The lowest BCUT2D eigenvalue weighted by atomic mass is 10.2. The van der Waals surface area contributed by atoms with Crippen molar-refractivity contribution in [2.45, 2.75) is 13.5 Å². The Morgan fingerprint density at radius 1 is 1.47 bits per heavy atom. The van der Waals surface area contributed by atoms with E-state index in [1.807, 2.05) is 18.2 Å². The maximum absolute atomic E-state index is 5.97. The van der Waals surface area contributed by atoms with Crippen LogP contribution in [0.15, 0.2) is 28.1 Å². The molecule has 0 saturated heterocycles. The molecular formula is C12H12BrClN2S. The predicted molar refractivity (Wildman–Crippen MR) is 77.6 cm³/mol.